The van der Waals surface area contributed by atoms with Gasteiger partial charge in [0.15, 0.2) is 0 Å². The summed E-state index contributed by atoms with van der Waals surface area (Å²) in [7, 11) is 0. The molecule has 12 heteroatoms. The number of aromatic nitrogens is 9. The highest BCUT2D eigenvalue weighted by Gasteiger charge is 2.16. The Hall–Kier alpha value is -3.96. The molecule has 0 aliphatic heterocycles. The van der Waals surface area contributed by atoms with Gasteiger partial charge >= 0.3 is 0 Å². The Morgan fingerprint density at radius 1 is 0.622 bits per heavy atom. The molecule has 0 N–H and O–H groups in total. The van der Waals surface area contributed by atoms with Gasteiger partial charge in [-0.1, -0.05) is 15.6 Å². The molecule has 3 heterocycles. The summed E-state index contributed by atoms with van der Waals surface area (Å²) in [6, 6.07) is 5.87. The van der Waals surface area contributed by atoms with Gasteiger partial charge in [0.2, 0.25) is 0 Å². The lowest BCUT2D eigenvalue weighted by Crippen LogP contribution is -2.22. The van der Waals surface area contributed by atoms with Crippen LogP contribution >= 0.6 is 0 Å². The molecule has 37 heavy (non-hydrogen) atoms. The lowest BCUT2D eigenvalue weighted by Gasteiger charge is -2.17. The van der Waals surface area contributed by atoms with E-state index in [9.17, 15) is 0 Å². The molecule has 0 fully saturated rings. The number of hydrogen-bond acceptors (Lipinski definition) is 9. The summed E-state index contributed by atoms with van der Waals surface area (Å²) in [5.74, 6) is 1.74. The molecule has 0 saturated heterocycles. The van der Waals surface area contributed by atoms with E-state index in [1.165, 1.54) is 0 Å². The summed E-state index contributed by atoms with van der Waals surface area (Å²) >= 11 is 0. The molecule has 0 aliphatic carbocycles. The minimum atomic E-state index is -0.158. The maximum atomic E-state index is 6.03. The average Bonchev–Trinajstić information content (AvgIpc) is 3.60. The van der Waals surface area contributed by atoms with E-state index in [0.717, 1.165) is 17.1 Å². The smallest absolute Gasteiger partial charge is 0.134 e. The molecular formula is C25H35N9O3. The fourth-order valence-corrected chi connectivity index (χ4v) is 3.22. The van der Waals surface area contributed by atoms with Gasteiger partial charge in [0, 0.05) is 30.3 Å². The molecule has 0 aliphatic rings. The van der Waals surface area contributed by atoms with Gasteiger partial charge in [0.1, 0.15) is 54.2 Å². The van der Waals surface area contributed by atoms with E-state index >= 15 is 0 Å². The number of nitrogens with zero attached hydrogens (tertiary/aromatic N) is 9. The summed E-state index contributed by atoms with van der Waals surface area (Å²) < 4.78 is 23.5. The highest BCUT2D eigenvalue weighted by Crippen LogP contribution is 2.29. The maximum absolute atomic E-state index is 6.03. The first kappa shape index (κ1) is 26.1. The summed E-state index contributed by atoms with van der Waals surface area (Å²) in [6.07, 6.45) is 5.63. The zero-order chi connectivity index (χ0) is 26.6. The molecule has 198 valence electrons. The average molecular weight is 510 g/mol. The van der Waals surface area contributed by atoms with Crippen LogP contribution in [0, 0.1) is 0 Å². The molecule has 0 unspecified atom stereocenters. The molecule has 0 spiro atoms. The van der Waals surface area contributed by atoms with E-state index in [0.29, 0.717) is 17.2 Å². The standard InChI is InChI=1S/C25H35N9O3/c1-17(2)32-11-19(26-29-32)14-35-22-8-23(36-15-20-12-33(18(3)4)30-27-20)10-24(9-22)37-16-21-13-34(31-28-21)25(5,6)7/h8-13,17-18H,14-16H2,1-7H3. The molecule has 12 nitrogen and oxygen atoms in total. The zero-order valence-corrected chi connectivity index (χ0v) is 22.5. The molecule has 0 atom stereocenters. The van der Waals surface area contributed by atoms with Crippen molar-refractivity contribution in [2.75, 3.05) is 0 Å². The maximum Gasteiger partial charge on any atom is 0.134 e. The Balaban J connectivity index is 1.47. The second-order valence-corrected chi connectivity index (χ2v) is 10.4. The van der Waals surface area contributed by atoms with Crippen LogP contribution in [0.3, 0.4) is 0 Å². The zero-order valence-electron chi connectivity index (χ0n) is 22.5. The van der Waals surface area contributed by atoms with Crippen molar-refractivity contribution < 1.29 is 14.2 Å². The van der Waals surface area contributed by atoms with Crippen LogP contribution in [0.15, 0.2) is 36.8 Å². The van der Waals surface area contributed by atoms with Crippen LogP contribution in [0.5, 0.6) is 17.2 Å². The second-order valence-electron chi connectivity index (χ2n) is 10.4. The molecule has 0 amide bonds. The number of ether oxygens (including phenoxy) is 3. The van der Waals surface area contributed by atoms with E-state index in [2.05, 4.69) is 51.7 Å². The fourth-order valence-electron chi connectivity index (χ4n) is 3.22. The fraction of sp³-hybridized carbons (Fsp3) is 0.520. The number of benzene rings is 1. The van der Waals surface area contributed by atoms with Gasteiger partial charge in [-0.05, 0) is 48.5 Å². The topological polar surface area (TPSA) is 120 Å². The van der Waals surface area contributed by atoms with E-state index in [-0.39, 0.29) is 37.4 Å². The van der Waals surface area contributed by atoms with Crippen molar-refractivity contribution >= 4 is 0 Å². The van der Waals surface area contributed by atoms with Gasteiger partial charge in [-0.15, -0.1) is 15.3 Å². The van der Waals surface area contributed by atoms with E-state index in [1.54, 1.807) is 9.36 Å². The minimum Gasteiger partial charge on any atom is -0.487 e. The number of hydrogen-bond donors (Lipinski definition) is 0. The molecule has 1 aromatic carbocycles. The van der Waals surface area contributed by atoms with Crippen molar-refractivity contribution in [2.45, 2.75) is 85.9 Å². The lowest BCUT2D eigenvalue weighted by atomic mass is 10.1. The van der Waals surface area contributed by atoms with Crippen LogP contribution in [-0.4, -0.2) is 45.0 Å². The summed E-state index contributed by atoms with van der Waals surface area (Å²) in [5, 5.41) is 25.0. The van der Waals surface area contributed by atoms with Crippen LogP contribution < -0.4 is 14.2 Å². The molecule has 3 aromatic heterocycles. The Morgan fingerprint density at radius 2 is 1.00 bits per heavy atom. The summed E-state index contributed by atoms with van der Waals surface area (Å²) in [4.78, 5) is 0. The normalized spacial score (nSPS) is 11.9. The van der Waals surface area contributed by atoms with E-state index < -0.39 is 0 Å². The Labute approximate surface area is 216 Å². The third kappa shape index (κ3) is 7.05. The monoisotopic (exact) mass is 509 g/mol. The second kappa shape index (κ2) is 11.0. The van der Waals surface area contributed by atoms with Crippen molar-refractivity contribution in [3.05, 3.63) is 53.9 Å². The molecule has 0 bridgehead atoms. The molecule has 4 rings (SSSR count). The SMILES string of the molecule is CC(C)n1cc(COc2cc(OCc3cn(C(C)C)nn3)cc(OCc3cn(C(C)(C)C)nn3)c2)nn1. The summed E-state index contributed by atoms with van der Waals surface area (Å²) in [6.45, 7) is 15.2. The van der Waals surface area contributed by atoms with Gasteiger partial charge in [0.05, 0.1) is 24.1 Å². The Bertz CT molecular complexity index is 1230. The van der Waals surface area contributed by atoms with Crippen molar-refractivity contribution in [1.29, 1.82) is 0 Å². The third-order valence-corrected chi connectivity index (χ3v) is 5.42. The molecular weight excluding hydrogens is 474 g/mol. The summed E-state index contributed by atoms with van der Waals surface area (Å²) in [5.41, 5.74) is 2.02. The highest BCUT2D eigenvalue weighted by atomic mass is 16.5. The number of rotatable bonds is 11. The largest absolute Gasteiger partial charge is 0.487 e. The van der Waals surface area contributed by atoms with Gasteiger partial charge in [0.25, 0.3) is 0 Å². The molecule has 0 saturated carbocycles. The van der Waals surface area contributed by atoms with Crippen molar-refractivity contribution in [1.82, 2.24) is 45.0 Å². The highest BCUT2D eigenvalue weighted by molar-refractivity contribution is 5.42. The Kier molecular flexibility index (Phi) is 7.74. The quantitative estimate of drug-likeness (QED) is 0.294. The van der Waals surface area contributed by atoms with Crippen molar-refractivity contribution in [2.24, 2.45) is 0 Å². The first-order valence-electron chi connectivity index (χ1n) is 12.3. The van der Waals surface area contributed by atoms with Gasteiger partial charge in [-0.3, -0.25) is 0 Å². The van der Waals surface area contributed by atoms with E-state index in [4.69, 9.17) is 14.2 Å². The molecule has 4 aromatic rings. The van der Waals surface area contributed by atoms with Gasteiger partial charge < -0.3 is 14.2 Å². The van der Waals surface area contributed by atoms with Crippen LogP contribution in [0.2, 0.25) is 0 Å². The molecule has 0 radical (unpaired) electrons. The first-order valence-corrected chi connectivity index (χ1v) is 12.3. The van der Waals surface area contributed by atoms with Crippen LogP contribution in [0.1, 0.15) is 77.6 Å². The first-order chi connectivity index (χ1) is 17.6. The predicted octanol–water partition coefficient (Wildman–Crippen LogP) is 4.11. The van der Waals surface area contributed by atoms with Crippen molar-refractivity contribution in [3.63, 3.8) is 0 Å². The minimum absolute atomic E-state index is 0.158. The van der Waals surface area contributed by atoms with Gasteiger partial charge in [-0.25, -0.2) is 14.0 Å². The third-order valence-electron chi connectivity index (χ3n) is 5.42. The van der Waals surface area contributed by atoms with E-state index in [1.807, 2.05) is 69.2 Å². The van der Waals surface area contributed by atoms with Crippen molar-refractivity contribution in [3.8, 4) is 17.2 Å². The Morgan fingerprint density at radius 3 is 1.32 bits per heavy atom. The van der Waals surface area contributed by atoms with Crippen LogP contribution in [0.25, 0.3) is 0 Å². The lowest BCUT2D eigenvalue weighted by molar-refractivity contribution is 0.270. The predicted molar refractivity (Wildman–Crippen MR) is 135 cm³/mol. The van der Waals surface area contributed by atoms with Crippen LogP contribution in [-0.2, 0) is 25.4 Å². The van der Waals surface area contributed by atoms with Crippen LogP contribution in [0.4, 0.5) is 0 Å². The van der Waals surface area contributed by atoms with Gasteiger partial charge in [-0.2, -0.15) is 0 Å².